The highest BCUT2D eigenvalue weighted by atomic mass is 16.3. The first-order valence-corrected chi connectivity index (χ1v) is 9.31. The van der Waals surface area contributed by atoms with Gasteiger partial charge < -0.3 is 19.0 Å². The number of benzene rings is 1. The molecule has 1 aliphatic carbocycles. The van der Waals surface area contributed by atoms with Gasteiger partial charge in [-0.15, -0.1) is 0 Å². The second-order valence-corrected chi connectivity index (χ2v) is 7.65. The number of hydrogen-bond donors (Lipinski definition) is 2. The molecular weight excluding hydrogens is 354 g/mol. The van der Waals surface area contributed by atoms with E-state index in [0.717, 1.165) is 34.4 Å². The Balaban J connectivity index is 1.75. The van der Waals surface area contributed by atoms with E-state index in [-0.39, 0.29) is 23.5 Å². The number of pyridine rings is 1. The van der Waals surface area contributed by atoms with Crippen LogP contribution >= 0.6 is 0 Å². The van der Waals surface area contributed by atoms with Crippen molar-refractivity contribution in [1.29, 1.82) is 0 Å². The zero-order valence-electron chi connectivity index (χ0n) is 14.9. The van der Waals surface area contributed by atoms with E-state index in [1.165, 1.54) is 6.07 Å². The quantitative estimate of drug-likeness (QED) is 0.522. The van der Waals surface area contributed by atoms with E-state index in [0.29, 0.717) is 0 Å². The van der Waals surface area contributed by atoms with Gasteiger partial charge in [0.2, 0.25) is 0 Å². The molecule has 5 heteroatoms. The standard InChI is InChI=1S/C23H17NO4/c25-16-9-17-19-11-23(14-4-7-27-12-14,15-5-8-28-13-15)22(21(17)20(26)10-16)18-3-1-2-6-24(18)19/h1-10,12-13,19,22H,11H2,(H-,25,26)/p+1/t19-,22-/m1/s1. The van der Waals surface area contributed by atoms with E-state index in [2.05, 4.69) is 16.8 Å². The van der Waals surface area contributed by atoms with E-state index >= 15 is 0 Å². The maximum absolute atomic E-state index is 10.9. The first kappa shape index (κ1) is 15.6. The van der Waals surface area contributed by atoms with Crippen LogP contribution in [0.1, 0.15) is 46.3 Å². The van der Waals surface area contributed by atoms with Gasteiger partial charge in [0.05, 0.1) is 36.4 Å². The Morgan fingerprint density at radius 2 is 1.71 bits per heavy atom. The molecule has 0 radical (unpaired) electrons. The molecule has 0 amide bonds. The van der Waals surface area contributed by atoms with E-state index < -0.39 is 5.41 Å². The Morgan fingerprint density at radius 1 is 0.964 bits per heavy atom. The Hall–Kier alpha value is -3.47. The molecule has 2 aliphatic heterocycles. The van der Waals surface area contributed by atoms with Crippen LogP contribution in [0.3, 0.4) is 0 Å². The Bertz CT molecular complexity index is 1140. The van der Waals surface area contributed by atoms with E-state index in [1.54, 1.807) is 31.1 Å². The van der Waals surface area contributed by atoms with Crippen LogP contribution in [0, 0.1) is 0 Å². The van der Waals surface area contributed by atoms with E-state index in [4.69, 9.17) is 8.83 Å². The van der Waals surface area contributed by atoms with Gasteiger partial charge in [-0.25, -0.2) is 0 Å². The van der Waals surface area contributed by atoms with Crippen LogP contribution in [-0.2, 0) is 5.41 Å². The third kappa shape index (κ3) is 1.78. The summed E-state index contributed by atoms with van der Waals surface area (Å²) in [7, 11) is 0. The minimum Gasteiger partial charge on any atom is -0.508 e. The van der Waals surface area contributed by atoms with Gasteiger partial charge in [-0.1, -0.05) is 6.07 Å². The number of phenols is 2. The van der Waals surface area contributed by atoms with Gasteiger partial charge >= 0.3 is 0 Å². The average Bonchev–Trinajstić information content (AvgIpc) is 3.42. The third-order valence-electron chi connectivity index (χ3n) is 6.46. The summed E-state index contributed by atoms with van der Waals surface area (Å²) in [6, 6.07) is 13.3. The number of phenolic OH excluding ortho intramolecular Hbond substituents is 2. The highest BCUT2D eigenvalue weighted by molar-refractivity contribution is 5.59. The zero-order chi connectivity index (χ0) is 18.9. The second-order valence-electron chi connectivity index (χ2n) is 7.65. The SMILES string of the molecule is Oc1cc(O)c2c(c1)[C@H]1CC(c3ccoc3)(c3ccoc3)[C@@H]2c2cccc[n+]21. The monoisotopic (exact) mass is 372 g/mol. The van der Waals surface area contributed by atoms with Crippen molar-refractivity contribution in [2.75, 3.05) is 0 Å². The van der Waals surface area contributed by atoms with Crippen LogP contribution in [-0.4, -0.2) is 10.2 Å². The molecule has 7 rings (SSSR count). The minimum absolute atomic E-state index is 0.0287. The number of hydrogen-bond acceptors (Lipinski definition) is 4. The molecule has 138 valence electrons. The van der Waals surface area contributed by atoms with E-state index in [1.807, 2.05) is 24.3 Å². The number of aromatic hydroxyl groups is 2. The smallest absolute Gasteiger partial charge is 0.190 e. The molecule has 2 bridgehead atoms. The van der Waals surface area contributed by atoms with Crippen molar-refractivity contribution >= 4 is 0 Å². The fraction of sp³-hybridized carbons (Fsp3) is 0.174. The second kappa shape index (κ2) is 5.29. The van der Waals surface area contributed by atoms with Crippen molar-refractivity contribution in [2.24, 2.45) is 0 Å². The van der Waals surface area contributed by atoms with Crippen molar-refractivity contribution in [3.63, 3.8) is 0 Å². The largest absolute Gasteiger partial charge is 0.508 e. The lowest BCUT2D eigenvalue weighted by molar-refractivity contribution is -0.732. The number of furan rings is 2. The van der Waals surface area contributed by atoms with Crippen LogP contribution in [0.15, 0.2) is 82.5 Å². The lowest BCUT2D eigenvalue weighted by atomic mass is 9.54. The summed E-state index contributed by atoms with van der Waals surface area (Å²) in [4.78, 5) is 0. The molecule has 2 N–H and O–H groups in total. The van der Waals surface area contributed by atoms with E-state index in [9.17, 15) is 10.2 Å². The molecule has 0 saturated heterocycles. The lowest BCUT2D eigenvalue weighted by Crippen LogP contribution is -2.59. The molecule has 0 fully saturated rings. The molecule has 1 aromatic carbocycles. The van der Waals surface area contributed by atoms with Crippen molar-refractivity contribution in [3.05, 3.63) is 102 Å². The summed E-state index contributed by atoms with van der Waals surface area (Å²) >= 11 is 0. The van der Waals surface area contributed by atoms with Crippen LogP contribution in [0.2, 0.25) is 0 Å². The summed E-state index contributed by atoms with van der Waals surface area (Å²) in [6.07, 6.45) is 9.81. The van der Waals surface area contributed by atoms with Crippen molar-refractivity contribution in [3.8, 4) is 11.5 Å². The predicted molar refractivity (Wildman–Crippen MR) is 99.2 cm³/mol. The fourth-order valence-corrected chi connectivity index (χ4v) is 5.43. The van der Waals surface area contributed by atoms with Gasteiger partial charge in [0.1, 0.15) is 11.5 Å². The van der Waals surface area contributed by atoms with Crippen LogP contribution in [0.4, 0.5) is 0 Å². The Labute approximate surface area is 161 Å². The van der Waals surface area contributed by atoms with Gasteiger partial charge in [-0.3, -0.25) is 0 Å². The van der Waals surface area contributed by atoms with Gasteiger partial charge in [0.15, 0.2) is 17.9 Å². The molecule has 5 nitrogen and oxygen atoms in total. The molecular formula is C23H18NO4+. The van der Waals surface area contributed by atoms with Gasteiger partial charge in [0.25, 0.3) is 0 Å². The summed E-state index contributed by atoms with van der Waals surface area (Å²) < 4.78 is 13.2. The topological polar surface area (TPSA) is 70.6 Å². The normalized spacial score (nSPS) is 21.3. The van der Waals surface area contributed by atoms with Gasteiger partial charge in [-0.05, 0) is 18.2 Å². The predicted octanol–water partition coefficient (Wildman–Crippen LogP) is 4.00. The molecule has 28 heavy (non-hydrogen) atoms. The number of nitrogens with zero attached hydrogens (tertiary/aromatic N) is 1. The minimum atomic E-state index is -0.437. The zero-order valence-corrected chi connectivity index (χ0v) is 14.9. The fourth-order valence-electron chi connectivity index (χ4n) is 5.43. The number of fused-ring (bicyclic) bond motifs is 1. The van der Waals surface area contributed by atoms with Crippen LogP contribution in [0.5, 0.6) is 11.5 Å². The third-order valence-corrected chi connectivity index (χ3v) is 6.46. The molecule has 0 unspecified atom stereocenters. The number of aromatic nitrogens is 1. The van der Waals surface area contributed by atoms with Crippen molar-refractivity contribution < 1.29 is 23.6 Å². The molecule has 0 saturated carbocycles. The van der Waals surface area contributed by atoms with Gasteiger partial charge in [0, 0.05) is 46.9 Å². The highest BCUT2D eigenvalue weighted by Crippen LogP contribution is 2.61. The van der Waals surface area contributed by atoms with Crippen molar-refractivity contribution in [1.82, 2.24) is 0 Å². The first-order chi connectivity index (χ1) is 13.7. The summed E-state index contributed by atoms with van der Waals surface area (Å²) in [5.74, 6) is 0.0553. The first-order valence-electron chi connectivity index (χ1n) is 9.31. The van der Waals surface area contributed by atoms with Crippen molar-refractivity contribution in [2.45, 2.75) is 23.8 Å². The molecule has 3 aromatic heterocycles. The molecule has 0 spiro atoms. The molecule has 5 heterocycles. The summed E-state index contributed by atoms with van der Waals surface area (Å²) in [6.45, 7) is 0. The maximum Gasteiger partial charge on any atom is 0.190 e. The molecule has 2 atom stereocenters. The summed E-state index contributed by atoms with van der Waals surface area (Å²) in [5, 5.41) is 21.0. The van der Waals surface area contributed by atoms with Crippen LogP contribution in [0.25, 0.3) is 0 Å². The molecule has 3 aliphatic rings. The maximum atomic E-state index is 10.9. The lowest BCUT2D eigenvalue weighted by Gasteiger charge is -2.48. The molecule has 4 aromatic rings. The number of rotatable bonds is 2. The summed E-state index contributed by atoms with van der Waals surface area (Å²) in [5.41, 5.74) is 4.62. The highest BCUT2D eigenvalue weighted by Gasteiger charge is 2.61. The Kier molecular flexibility index (Phi) is 2.94. The van der Waals surface area contributed by atoms with Gasteiger partial charge in [-0.2, -0.15) is 4.57 Å². The average molecular weight is 372 g/mol. The van der Waals surface area contributed by atoms with Crippen LogP contribution < -0.4 is 4.57 Å². The Morgan fingerprint density at radius 3 is 2.39 bits per heavy atom.